The van der Waals surface area contributed by atoms with E-state index >= 15 is 0 Å². The van der Waals surface area contributed by atoms with Crippen molar-refractivity contribution in [3.05, 3.63) is 53.9 Å². The lowest BCUT2D eigenvalue weighted by molar-refractivity contribution is -0.128. The standard InChI is InChI=1S/C18H20N6O3/c1-11(25)22-16(7-15-9-19-10-21-15)18(26)20-8-13-3-5-14(6-4-13)17-23-12(2)27-24-17/h3-6,9-10,16H,7-8H2,1-2H3,(H,19,21)(H,20,26)(H,22,25)/t16-/m0/s1. The molecule has 2 aromatic heterocycles. The summed E-state index contributed by atoms with van der Waals surface area (Å²) in [7, 11) is 0. The zero-order valence-electron chi connectivity index (χ0n) is 15.0. The van der Waals surface area contributed by atoms with E-state index in [4.69, 9.17) is 4.52 Å². The first-order chi connectivity index (χ1) is 13.0. The van der Waals surface area contributed by atoms with Crippen LogP contribution >= 0.6 is 0 Å². The molecular formula is C18H20N6O3. The van der Waals surface area contributed by atoms with E-state index in [1.807, 2.05) is 24.3 Å². The van der Waals surface area contributed by atoms with E-state index in [1.165, 1.54) is 13.3 Å². The van der Waals surface area contributed by atoms with Crippen LogP contribution < -0.4 is 10.6 Å². The van der Waals surface area contributed by atoms with Crippen molar-refractivity contribution >= 4 is 11.8 Å². The smallest absolute Gasteiger partial charge is 0.243 e. The van der Waals surface area contributed by atoms with E-state index in [9.17, 15) is 9.59 Å². The quantitative estimate of drug-likeness (QED) is 0.574. The summed E-state index contributed by atoms with van der Waals surface area (Å²) in [6.45, 7) is 3.45. The maximum absolute atomic E-state index is 12.5. The van der Waals surface area contributed by atoms with Crippen molar-refractivity contribution in [1.29, 1.82) is 0 Å². The minimum atomic E-state index is -0.676. The number of rotatable bonds is 7. The largest absolute Gasteiger partial charge is 0.350 e. The number of nitrogens with one attached hydrogen (secondary N) is 3. The molecule has 0 saturated carbocycles. The van der Waals surface area contributed by atoms with Crippen LogP contribution in [0.2, 0.25) is 0 Å². The molecule has 27 heavy (non-hydrogen) atoms. The first-order valence-corrected chi connectivity index (χ1v) is 8.43. The molecular weight excluding hydrogens is 348 g/mol. The van der Waals surface area contributed by atoms with Crippen LogP contribution in [-0.2, 0) is 22.6 Å². The Bertz CT molecular complexity index is 902. The Kier molecular flexibility index (Phi) is 5.60. The van der Waals surface area contributed by atoms with Crippen molar-refractivity contribution in [3.8, 4) is 11.4 Å². The molecule has 0 bridgehead atoms. The molecule has 1 atom stereocenters. The summed E-state index contributed by atoms with van der Waals surface area (Å²) in [5, 5.41) is 9.38. The molecule has 140 valence electrons. The van der Waals surface area contributed by atoms with Crippen molar-refractivity contribution in [2.75, 3.05) is 0 Å². The van der Waals surface area contributed by atoms with Crippen LogP contribution in [0.1, 0.15) is 24.1 Å². The zero-order chi connectivity index (χ0) is 19.2. The number of nitrogens with zero attached hydrogens (tertiary/aromatic N) is 3. The number of aromatic nitrogens is 4. The third-order valence-electron chi connectivity index (χ3n) is 3.88. The van der Waals surface area contributed by atoms with E-state index in [0.29, 0.717) is 24.7 Å². The first kappa shape index (κ1) is 18.3. The molecule has 0 aliphatic carbocycles. The van der Waals surface area contributed by atoms with Crippen LogP contribution in [0.5, 0.6) is 0 Å². The van der Waals surface area contributed by atoms with Crippen molar-refractivity contribution in [2.24, 2.45) is 0 Å². The maximum Gasteiger partial charge on any atom is 0.243 e. The molecule has 2 heterocycles. The number of imidazole rings is 1. The molecule has 0 aliphatic rings. The van der Waals surface area contributed by atoms with Gasteiger partial charge in [-0.15, -0.1) is 0 Å². The van der Waals surface area contributed by atoms with Crippen LogP contribution in [0, 0.1) is 6.92 Å². The first-order valence-electron chi connectivity index (χ1n) is 8.43. The topological polar surface area (TPSA) is 126 Å². The number of hydrogen-bond donors (Lipinski definition) is 3. The molecule has 9 nitrogen and oxygen atoms in total. The fourth-order valence-corrected chi connectivity index (χ4v) is 2.57. The van der Waals surface area contributed by atoms with E-state index in [2.05, 4.69) is 30.7 Å². The number of amides is 2. The summed E-state index contributed by atoms with van der Waals surface area (Å²) in [5.74, 6) is 0.489. The Morgan fingerprint density at radius 1 is 1.26 bits per heavy atom. The molecule has 9 heteroatoms. The van der Waals surface area contributed by atoms with E-state index in [0.717, 1.165) is 16.8 Å². The van der Waals surface area contributed by atoms with Gasteiger partial charge in [0.2, 0.25) is 23.5 Å². The number of carbonyl (C=O) groups is 2. The summed E-state index contributed by atoms with van der Waals surface area (Å²) in [5.41, 5.74) is 2.51. The lowest BCUT2D eigenvalue weighted by Gasteiger charge is -2.17. The van der Waals surface area contributed by atoms with Gasteiger partial charge in [-0.25, -0.2) is 4.98 Å². The summed E-state index contributed by atoms with van der Waals surface area (Å²) >= 11 is 0. The summed E-state index contributed by atoms with van der Waals surface area (Å²) in [6, 6.07) is 6.81. The monoisotopic (exact) mass is 368 g/mol. The van der Waals surface area contributed by atoms with E-state index in [-0.39, 0.29) is 11.8 Å². The minimum absolute atomic E-state index is 0.266. The average Bonchev–Trinajstić information content (AvgIpc) is 3.31. The Morgan fingerprint density at radius 3 is 2.63 bits per heavy atom. The fourth-order valence-electron chi connectivity index (χ4n) is 2.57. The maximum atomic E-state index is 12.5. The third kappa shape index (κ3) is 5.00. The molecule has 0 aliphatic heterocycles. The van der Waals surface area contributed by atoms with E-state index < -0.39 is 6.04 Å². The Morgan fingerprint density at radius 2 is 2.04 bits per heavy atom. The molecule has 0 saturated heterocycles. The van der Waals surface area contributed by atoms with Crippen molar-refractivity contribution in [2.45, 2.75) is 32.9 Å². The predicted molar refractivity (Wildman–Crippen MR) is 96.2 cm³/mol. The van der Waals surface area contributed by atoms with Gasteiger partial charge < -0.3 is 20.1 Å². The van der Waals surface area contributed by atoms with E-state index in [1.54, 1.807) is 13.1 Å². The highest BCUT2D eigenvalue weighted by Gasteiger charge is 2.20. The summed E-state index contributed by atoms with van der Waals surface area (Å²) in [4.78, 5) is 34.9. The van der Waals surface area contributed by atoms with Gasteiger partial charge >= 0.3 is 0 Å². The van der Waals surface area contributed by atoms with Crippen molar-refractivity contribution in [1.82, 2.24) is 30.7 Å². The van der Waals surface area contributed by atoms with Gasteiger partial charge in [0.25, 0.3) is 0 Å². The molecule has 0 unspecified atom stereocenters. The van der Waals surface area contributed by atoms with Crippen LogP contribution in [0.15, 0.2) is 41.3 Å². The zero-order valence-corrected chi connectivity index (χ0v) is 15.0. The Hall–Kier alpha value is -3.49. The second kappa shape index (κ2) is 8.26. The number of benzene rings is 1. The summed E-state index contributed by atoms with van der Waals surface area (Å²) < 4.78 is 4.97. The van der Waals surface area contributed by atoms with Crippen LogP contribution in [0.25, 0.3) is 11.4 Å². The Labute approximate surface area is 155 Å². The molecule has 3 aromatic rings. The Balaban J connectivity index is 1.59. The van der Waals surface area contributed by atoms with Gasteiger partial charge in [0, 0.05) is 44.3 Å². The number of aromatic amines is 1. The predicted octanol–water partition coefficient (Wildman–Crippen LogP) is 1.13. The highest BCUT2D eigenvalue weighted by atomic mass is 16.5. The lowest BCUT2D eigenvalue weighted by Crippen LogP contribution is -2.47. The normalized spacial score (nSPS) is 11.8. The SMILES string of the molecule is CC(=O)N[C@@H](Cc1cnc[nH]1)C(=O)NCc1ccc(-c2noc(C)n2)cc1. The molecule has 2 amide bonds. The van der Waals surface area contributed by atoms with Gasteiger partial charge in [0.05, 0.1) is 6.33 Å². The second-order valence-electron chi connectivity index (χ2n) is 6.09. The molecule has 0 fully saturated rings. The second-order valence-corrected chi connectivity index (χ2v) is 6.09. The van der Waals surface area contributed by atoms with Gasteiger partial charge in [-0.1, -0.05) is 29.4 Å². The molecule has 0 spiro atoms. The van der Waals surface area contributed by atoms with Gasteiger partial charge in [-0.05, 0) is 5.56 Å². The van der Waals surface area contributed by atoms with Crippen molar-refractivity contribution in [3.63, 3.8) is 0 Å². The van der Waals surface area contributed by atoms with Crippen LogP contribution in [-0.4, -0.2) is 38.0 Å². The van der Waals surface area contributed by atoms with Crippen LogP contribution in [0.3, 0.4) is 0 Å². The molecule has 1 aromatic carbocycles. The van der Waals surface area contributed by atoms with Crippen LogP contribution in [0.4, 0.5) is 0 Å². The number of hydrogen-bond acceptors (Lipinski definition) is 6. The molecule has 3 N–H and O–H groups in total. The van der Waals surface area contributed by atoms with Gasteiger partial charge in [0.15, 0.2) is 0 Å². The molecule has 0 radical (unpaired) electrons. The fraction of sp³-hybridized carbons (Fsp3) is 0.278. The molecule has 3 rings (SSSR count). The highest BCUT2D eigenvalue weighted by Crippen LogP contribution is 2.16. The van der Waals surface area contributed by atoms with Gasteiger partial charge in [-0.3, -0.25) is 9.59 Å². The van der Waals surface area contributed by atoms with Crippen molar-refractivity contribution < 1.29 is 14.1 Å². The lowest BCUT2D eigenvalue weighted by atomic mass is 10.1. The number of aryl methyl sites for hydroxylation is 1. The van der Waals surface area contributed by atoms with Gasteiger partial charge in [-0.2, -0.15) is 4.98 Å². The number of H-pyrrole nitrogens is 1. The summed E-state index contributed by atoms with van der Waals surface area (Å²) in [6.07, 6.45) is 3.49. The average molecular weight is 368 g/mol. The van der Waals surface area contributed by atoms with Gasteiger partial charge in [0.1, 0.15) is 6.04 Å². The highest BCUT2D eigenvalue weighted by molar-refractivity contribution is 5.87. The minimum Gasteiger partial charge on any atom is -0.350 e. The number of carbonyl (C=O) groups excluding carboxylic acids is 2. The third-order valence-corrected chi connectivity index (χ3v) is 3.88.